The van der Waals surface area contributed by atoms with Crippen LogP contribution in [-0.4, -0.2) is 18.6 Å². The van der Waals surface area contributed by atoms with Crippen LogP contribution >= 0.6 is 0 Å². The molecule has 3 heteroatoms. The molecule has 102 valence electrons. The third-order valence-electron chi connectivity index (χ3n) is 3.70. The quantitative estimate of drug-likeness (QED) is 0.663. The number of hydrogen-bond acceptors (Lipinski definition) is 1. The summed E-state index contributed by atoms with van der Waals surface area (Å²) in [5.41, 5.74) is 0.0105. The fourth-order valence-corrected chi connectivity index (χ4v) is 2.73. The van der Waals surface area contributed by atoms with Gasteiger partial charge < -0.3 is 4.74 Å². The second-order valence-corrected chi connectivity index (χ2v) is 7.35. The molecule has 0 aromatic heterocycles. The van der Waals surface area contributed by atoms with Gasteiger partial charge in [0.25, 0.3) is 6.43 Å². The highest BCUT2D eigenvalue weighted by Crippen LogP contribution is 2.45. The second kappa shape index (κ2) is 4.83. The average Bonchev–Trinajstić information content (AvgIpc) is 2.14. The van der Waals surface area contributed by atoms with E-state index in [2.05, 4.69) is 41.5 Å². The maximum atomic E-state index is 12.8. The third kappa shape index (κ3) is 3.64. The molecular formula is C14H26F2O. The van der Waals surface area contributed by atoms with E-state index in [1.165, 1.54) is 0 Å². The van der Waals surface area contributed by atoms with E-state index in [1.54, 1.807) is 0 Å². The SMILES string of the molecule is CC(C)(C)C1OC(C(F)F)CC[C@@H]1C(C)(C)C. The zero-order valence-corrected chi connectivity index (χ0v) is 11.9. The van der Waals surface area contributed by atoms with E-state index in [-0.39, 0.29) is 16.9 Å². The minimum Gasteiger partial charge on any atom is -0.368 e. The van der Waals surface area contributed by atoms with Gasteiger partial charge in [-0.1, -0.05) is 41.5 Å². The Morgan fingerprint density at radius 1 is 0.941 bits per heavy atom. The standard InChI is InChI=1S/C14H26F2O/c1-13(2,3)9-7-8-10(12(15)16)17-11(9)14(4,5)6/h9-12H,7-8H2,1-6H3/t9-,10?,11?/m0/s1. The molecule has 1 rings (SSSR count). The topological polar surface area (TPSA) is 9.23 Å². The summed E-state index contributed by atoms with van der Waals surface area (Å²) in [5.74, 6) is 0.345. The highest BCUT2D eigenvalue weighted by Gasteiger charge is 2.45. The molecule has 1 heterocycles. The van der Waals surface area contributed by atoms with E-state index >= 15 is 0 Å². The summed E-state index contributed by atoms with van der Waals surface area (Å²) in [4.78, 5) is 0. The Labute approximate surface area is 104 Å². The molecule has 0 spiro atoms. The Morgan fingerprint density at radius 2 is 1.47 bits per heavy atom. The molecule has 0 N–H and O–H groups in total. The van der Waals surface area contributed by atoms with Gasteiger partial charge >= 0.3 is 0 Å². The third-order valence-corrected chi connectivity index (χ3v) is 3.70. The molecule has 0 amide bonds. The van der Waals surface area contributed by atoms with Crippen LogP contribution in [0.25, 0.3) is 0 Å². The Kier molecular flexibility index (Phi) is 4.23. The first-order valence-electron chi connectivity index (χ1n) is 6.47. The average molecular weight is 248 g/mol. The highest BCUT2D eigenvalue weighted by molar-refractivity contribution is 4.92. The van der Waals surface area contributed by atoms with Crippen molar-refractivity contribution in [1.29, 1.82) is 0 Å². The summed E-state index contributed by atoms with van der Waals surface area (Å²) in [7, 11) is 0. The van der Waals surface area contributed by atoms with Crippen LogP contribution in [0.15, 0.2) is 0 Å². The van der Waals surface area contributed by atoms with Crippen molar-refractivity contribution in [3.8, 4) is 0 Å². The molecule has 3 atom stereocenters. The Balaban J connectivity index is 2.88. The van der Waals surface area contributed by atoms with E-state index in [1.807, 2.05) is 0 Å². The van der Waals surface area contributed by atoms with Gasteiger partial charge in [0.05, 0.1) is 6.10 Å². The molecule has 1 aliphatic rings. The van der Waals surface area contributed by atoms with E-state index in [0.29, 0.717) is 12.3 Å². The van der Waals surface area contributed by atoms with Gasteiger partial charge in [0.1, 0.15) is 6.10 Å². The number of alkyl halides is 2. The van der Waals surface area contributed by atoms with Crippen molar-refractivity contribution >= 4 is 0 Å². The fraction of sp³-hybridized carbons (Fsp3) is 1.00. The summed E-state index contributed by atoms with van der Waals surface area (Å²) >= 11 is 0. The molecular weight excluding hydrogens is 222 g/mol. The fourth-order valence-electron chi connectivity index (χ4n) is 2.73. The van der Waals surface area contributed by atoms with Gasteiger partial charge in [-0.3, -0.25) is 0 Å². The minimum absolute atomic E-state index is 0.0877. The second-order valence-electron chi connectivity index (χ2n) is 7.35. The number of ether oxygens (including phenoxy) is 1. The maximum Gasteiger partial charge on any atom is 0.264 e. The lowest BCUT2D eigenvalue weighted by Gasteiger charge is -2.48. The molecule has 0 radical (unpaired) electrons. The lowest BCUT2D eigenvalue weighted by Crippen LogP contribution is -2.49. The maximum absolute atomic E-state index is 12.8. The van der Waals surface area contributed by atoms with Crippen molar-refractivity contribution in [1.82, 2.24) is 0 Å². The molecule has 0 bridgehead atoms. The first-order valence-corrected chi connectivity index (χ1v) is 6.47. The van der Waals surface area contributed by atoms with Crippen molar-refractivity contribution < 1.29 is 13.5 Å². The summed E-state index contributed by atoms with van der Waals surface area (Å²) in [6, 6.07) is 0. The normalized spacial score (nSPS) is 31.9. The summed E-state index contributed by atoms with van der Waals surface area (Å²) in [5, 5.41) is 0. The summed E-state index contributed by atoms with van der Waals surface area (Å²) in [6.07, 6.45) is -2.01. The largest absolute Gasteiger partial charge is 0.368 e. The first kappa shape index (κ1) is 14.9. The number of hydrogen-bond donors (Lipinski definition) is 0. The predicted octanol–water partition coefficient (Wildman–Crippen LogP) is 4.51. The van der Waals surface area contributed by atoms with Crippen LogP contribution in [0.1, 0.15) is 54.4 Å². The van der Waals surface area contributed by atoms with Crippen LogP contribution < -0.4 is 0 Å². The van der Waals surface area contributed by atoms with Crippen LogP contribution in [-0.2, 0) is 4.74 Å². The van der Waals surface area contributed by atoms with E-state index < -0.39 is 12.5 Å². The molecule has 0 aliphatic carbocycles. The molecule has 0 saturated carbocycles. The monoisotopic (exact) mass is 248 g/mol. The van der Waals surface area contributed by atoms with Crippen LogP contribution in [0.5, 0.6) is 0 Å². The van der Waals surface area contributed by atoms with E-state index in [4.69, 9.17) is 4.74 Å². The molecule has 1 nitrogen and oxygen atoms in total. The molecule has 2 unspecified atom stereocenters. The van der Waals surface area contributed by atoms with Crippen molar-refractivity contribution in [2.45, 2.75) is 73.0 Å². The van der Waals surface area contributed by atoms with Gasteiger partial charge in [0, 0.05) is 0 Å². The van der Waals surface area contributed by atoms with Crippen molar-refractivity contribution in [2.75, 3.05) is 0 Å². The van der Waals surface area contributed by atoms with Gasteiger partial charge in [-0.2, -0.15) is 0 Å². The highest BCUT2D eigenvalue weighted by atomic mass is 19.3. The van der Waals surface area contributed by atoms with Crippen molar-refractivity contribution in [2.24, 2.45) is 16.7 Å². The molecule has 1 fully saturated rings. The first-order chi connectivity index (χ1) is 7.53. The van der Waals surface area contributed by atoms with E-state index in [9.17, 15) is 8.78 Å². The van der Waals surface area contributed by atoms with Gasteiger partial charge in [-0.05, 0) is 29.6 Å². The smallest absolute Gasteiger partial charge is 0.264 e. The Hall–Kier alpha value is -0.180. The van der Waals surface area contributed by atoms with Crippen LogP contribution in [0.4, 0.5) is 8.78 Å². The Morgan fingerprint density at radius 3 is 1.82 bits per heavy atom. The van der Waals surface area contributed by atoms with Gasteiger partial charge in [0.15, 0.2) is 0 Å². The molecule has 0 aromatic rings. The molecule has 17 heavy (non-hydrogen) atoms. The lowest BCUT2D eigenvalue weighted by atomic mass is 9.66. The van der Waals surface area contributed by atoms with Crippen LogP contribution in [0, 0.1) is 16.7 Å². The number of halogens is 2. The number of rotatable bonds is 1. The van der Waals surface area contributed by atoms with Crippen molar-refractivity contribution in [3.63, 3.8) is 0 Å². The van der Waals surface area contributed by atoms with Gasteiger partial charge in [-0.25, -0.2) is 8.78 Å². The molecule has 0 aromatic carbocycles. The van der Waals surface area contributed by atoms with Crippen LogP contribution in [0.2, 0.25) is 0 Å². The Bertz CT molecular complexity index is 250. The van der Waals surface area contributed by atoms with Gasteiger partial charge in [0.2, 0.25) is 0 Å². The van der Waals surface area contributed by atoms with Crippen LogP contribution in [0.3, 0.4) is 0 Å². The minimum atomic E-state index is -2.36. The summed E-state index contributed by atoms with van der Waals surface area (Å²) in [6.45, 7) is 12.7. The predicted molar refractivity (Wildman–Crippen MR) is 66.3 cm³/mol. The zero-order chi connectivity index (χ0) is 13.4. The van der Waals surface area contributed by atoms with E-state index in [0.717, 1.165) is 6.42 Å². The molecule has 1 aliphatic heterocycles. The molecule has 1 saturated heterocycles. The van der Waals surface area contributed by atoms with Crippen molar-refractivity contribution in [3.05, 3.63) is 0 Å². The lowest BCUT2D eigenvalue weighted by molar-refractivity contribution is -0.189. The zero-order valence-electron chi connectivity index (χ0n) is 11.9. The summed E-state index contributed by atoms with van der Waals surface area (Å²) < 4.78 is 31.3. The van der Waals surface area contributed by atoms with Gasteiger partial charge in [-0.15, -0.1) is 0 Å².